The lowest BCUT2D eigenvalue weighted by molar-refractivity contribution is 0.202. The second-order valence-corrected chi connectivity index (χ2v) is 9.22. The lowest BCUT2D eigenvalue weighted by atomic mass is 9.97. The topological polar surface area (TPSA) is 66.6 Å². The minimum atomic E-state index is -3.40. The SMILES string of the molecule is Cc1sc(CN)cc1S(=O)(=O)N(C)CC1CCN(C)CC1. The molecule has 1 aromatic rings. The van der Waals surface area contributed by atoms with Crippen LogP contribution in [0.15, 0.2) is 11.0 Å². The van der Waals surface area contributed by atoms with Gasteiger partial charge in [0, 0.05) is 29.9 Å². The molecule has 0 amide bonds. The molecule has 0 aromatic carbocycles. The molecule has 2 heterocycles. The molecule has 1 aromatic heterocycles. The van der Waals surface area contributed by atoms with Gasteiger partial charge in [-0.1, -0.05) is 0 Å². The van der Waals surface area contributed by atoms with Crippen LogP contribution in [0, 0.1) is 12.8 Å². The fraction of sp³-hybridized carbons (Fsp3) is 0.714. The number of thiophene rings is 1. The maximum Gasteiger partial charge on any atom is 0.243 e. The molecule has 0 aliphatic carbocycles. The molecule has 5 nitrogen and oxygen atoms in total. The molecule has 7 heteroatoms. The third kappa shape index (κ3) is 3.84. The third-order valence-electron chi connectivity index (χ3n) is 4.17. The van der Waals surface area contributed by atoms with Crippen molar-refractivity contribution in [2.45, 2.75) is 31.2 Å². The smallest absolute Gasteiger partial charge is 0.243 e. The van der Waals surface area contributed by atoms with Crippen molar-refractivity contribution in [1.29, 1.82) is 0 Å². The van der Waals surface area contributed by atoms with Crippen LogP contribution >= 0.6 is 11.3 Å². The number of hydrogen-bond acceptors (Lipinski definition) is 5. The molecule has 1 aliphatic heterocycles. The van der Waals surface area contributed by atoms with E-state index in [2.05, 4.69) is 11.9 Å². The third-order valence-corrected chi connectivity index (χ3v) is 7.32. The van der Waals surface area contributed by atoms with E-state index in [1.165, 1.54) is 15.6 Å². The molecule has 21 heavy (non-hydrogen) atoms. The molecule has 1 aliphatic rings. The minimum absolute atomic E-state index is 0.389. The fourth-order valence-electron chi connectivity index (χ4n) is 2.76. The maximum atomic E-state index is 12.7. The molecular weight excluding hydrogens is 306 g/mol. The van der Waals surface area contributed by atoms with E-state index in [4.69, 9.17) is 5.73 Å². The van der Waals surface area contributed by atoms with Gasteiger partial charge in [0.05, 0.1) is 4.90 Å². The van der Waals surface area contributed by atoms with Crippen molar-refractivity contribution in [3.8, 4) is 0 Å². The predicted molar refractivity (Wildman–Crippen MR) is 87.0 cm³/mol. The highest BCUT2D eigenvalue weighted by molar-refractivity contribution is 7.89. The molecule has 0 spiro atoms. The van der Waals surface area contributed by atoms with E-state index >= 15 is 0 Å². The number of piperidine rings is 1. The van der Waals surface area contributed by atoms with E-state index in [0.29, 0.717) is 23.9 Å². The number of hydrogen-bond donors (Lipinski definition) is 1. The van der Waals surface area contributed by atoms with Crippen molar-refractivity contribution in [3.05, 3.63) is 15.8 Å². The Balaban J connectivity index is 2.09. The van der Waals surface area contributed by atoms with Crippen LogP contribution in [0.25, 0.3) is 0 Å². The van der Waals surface area contributed by atoms with Crippen molar-refractivity contribution >= 4 is 21.4 Å². The number of likely N-dealkylation sites (tertiary alicyclic amines) is 1. The summed E-state index contributed by atoms with van der Waals surface area (Å²) < 4.78 is 26.9. The van der Waals surface area contributed by atoms with E-state index in [1.54, 1.807) is 13.1 Å². The van der Waals surface area contributed by atoms with Crippen LogP contribution in [0.1, 0.15) is 22.6 Å². The first-order valence-corrected chi connectivity index (χ1v) is 9.54. The molecular formula is C14H25N3O2S2. The van der Waals surface area contributed by atoms with Crippen LogP contribution in [0.5, 0.6) is 0 Å². The zero-order chi connectivity index (χ0) is 15.6. The Morgan fingerprint density at radius 2 is 2.05 bits per heavy atom. The second kappa shape index (κ2) is 6.75. The van der Waals surface area contributed by atoms with Gasteiger partial charge < -0.3 is 10.6 Å². The Kier molecular flexibility index (Phi) is 5.43. The summed E-state index contributed by atoms with van der Waals surface area (Å²) in [6, 6.07) is 1.72. The van der Waals surface area contributed by atoms with Gasteiger partial charge in [-0.25, -0.2) is 12.7 Å². The minimum Gasteiger partial charge on any atom is -0.326 e. The van der Waals surface area contributed by atoms with Crippen LogP contribution in [0.4, 0.5) is 0 Å². The van der Waals surface area contributed by atoms with Crippen molar-refractivity contribution in [2.24, 2.45) is 11.7 Å². The molecule has 0 atom stereocenters. The number of nitrogens with two attached hydrogens (primary N) is 1. The monoisotopic (exact) mass is 331 g/mol. The standard InChI is InChI=1S/C14H25N3O2S2/c1-11-14(8-13(9-15)20-11)21(18,19)17(3)10-12-4-6-16(2)7-5-12/h8,12H,4-7,9-10,15H2,1-3H3. The number of sulfonamides is 1. The van der Waals surface area contributed by atoms with Gasteiger partial charge in [-0.2, -0.15) is 0 Å². The van der Waals surface area contributed by atoms with Crippen LogP contribution < -0.4 is 5.73 Å². The van der Waals surface area contributed by atoms with E-state index < -0.39 is 10.0 Å². The van der Waals surface area contributed by atoms with Gasteiger partial charge in [-0.3, -0.25) is 0 Å². The van der Waals surface area contributed by atoms with Gasteiger partial charge in [0.25, 0.3) is 0 Å². The predicted octanol–water partition coefficient (Wildman–Crippen LogP) is 1.48. The summed E-state index contributed by atoms with van der Waals surface area (Å²) >= 11 is 1.47. The van der Waals surface area contributed by atoms with E-state index in [0.717, 1.165) is 35.7 Å². The zero-order valence-electron chi connectivity index (χ0n) is 13.0. The maximum absolute atomic E-state index is 12.7. The van der Waals surface area contributed by atoms with Crippen molar-refractivity contribution in [3.63, 3.8) is 0 Å². The lowest BCUT2D eigenvalue weighted by Gasteiger charge is -2.31. The quantitative estimate of drug-likeness (QED) is 0.887. The summed E-state index contributed by atoms with van der Waals surface area (Å²) in [5, 5.41) is 0. The average molecular weight is 332 g/mol. The van der Waals surface area contributed by atoms with Gasteiger partial charge in [0.15, 0.2) is 0 Å². The lowest BCUT2D eigenvalue weighted by Crippen LogP contribution is -2.38. The second-order valence-electron chi connectivity index (χ2n) is 5.87. The van der Waals surface area contributed by atoms with Gasteiger partial charge in [0.1, 0.15) is 0 Å². The fourth-order valence-corrected chi connectivity index (χ4v) is 5.48. The van der Waals surface area contributed by atoms with Crippen LogP contribution in [-0.2, 0) is 16.6 Å². The summed E-state index contributed by atoms with van der Waals surface area (Å²) in [4.78, 5) is 4.45. The Hall–Kier alpha value is -0.470. The zero-order valence-corrected chi connectivity index (χ0v) is 14.6. The van der Waals surface area contributed by atoms with Crippen LogP contribution in [0.2, 0.25) is 0 Å². The van der Waals surface area contributed by atoms with Gasteiger partial charge in [-0.15, -0.1) is 11.3 Å². The summed E-state index contributed by atoms with van der Waals surface area (Å²) in [5.41, 5.74) is 5.61. The highest BCUT2D eigenvalue weighted by Gasteiger charge is 2.28. The van der Waals surface area contributed by atoms with Crippen molar-refractivity contribution in [1.82, 2.24) is 9.21 Å². The first-order valence-electron chi connectivity index (χ1n) is 7.29. The summed E-state index contributed by atoms with van der Waals surface area (Å²) in [6.07, 6.45) is 2.13. The highest BCUT2D eigenvalue weighted by Crippen LogP contribution is 2.28. The Labute approximate surface area is 131 Å². The number of aryl methyl sites for hydroxylation is 1. The van der Waals surface area contributed by atoms with E-state index in [-0.39, 0.29) is 0 Å². The van der Waals surface area contributed by atoms with Crippen molar-refractivity contribution < 1.29 is 8.42 Å². The molecule has 0 radical (unpaired) electrons. The number of rotatable bonds is 5. The first kappa shape index (κ1) is 16.9. The molecule has 120 valence electrons. The summed E-state index contributed by atoms with van der Waals surface area (Å²) in [5.74, 6) is 0.453. The Bertz CT molecular complexity index is 575. The largest absolute Gasteiger partial charge is 0.326 e. The molecule has 1 fully saturated rings. The molecule has 0 unspecified atom stereocenters. The number of nitrogens with zero attached hydrogens (tertiary/aromatic N) is 2. The van der Waals surface area contributed by atoms with E-state index in [9.17, 15) is 8.42 Å². The normalized spacial score (nSPS) is 18.5. The first-order chi connectivity index (χ1) is 9.84. The van der Waals surface area contributed by atoms with Crippen molar-refractivity contribution in [2.75, 3.05) is 33.7 Å². The summed E-state index contributed by atoms with van der Waals surface area (Å²) in [6.45, 7) is 4.93. The van der Waals surface area contributed by atoms with Gasteiger partial charge in [0.2, 0.25) is 10.0 Å². The molecule has 0 bridgehead atoms. The van der Waals surface area contributed by atoms with Crippen LogP contribution in [0.3, 0.4) is 0 Å². The Morgan fingerprint density at radius 3 is 2.57 bits per heavy atom. The van der Waals surface area contributed by atoms with Gasteiger partial charge in [-0.05, 0) is 51.9 Å². The molecule has 1 saturated heterocycles. The van der Waals surface area contributed by atoms with E-state index in [1.807, 2.05) is 6.92 Å². The average Bonchev–Trinajstić information content (AvgIpc) is 2.83. The highest BCUT2D eigenvalue weighted by atomic mass is 32.2. The molecule has 0 saturated carbocycles. The summed E-state index contributed by atoms with van der Waals surface area (Å²) in [7, 11) is 0.401. The van der Waals surface area contributed by atoms with Gasteiger partial charge >= 0.3 is 0 Å². The molecule has 2 N–H and O–H groups in total. The Morgan fingerprint density at radius 1 is 1.43 bits per heavy atom. The van der Waals surface area contributed by atoms with Crippen LogP contribution in [-0.4, -0.2) is 51.4 Å². The molecule has 2 rings (SSSR count).